The predicted octanol–water partition coefficient (Wildman–Crippen LogP) is 4.23. The van der Waals surface area contributed by atoms with E-state index >= 15 is 0 Å². The van der Waals surface area contributed by atoms with Crippen LogP contribution in [0.25, 0.3) is 0 Å². The molecule has 2 heterocycles. The Morgan fingerprint density at radius 3 is 2.45 bits per heavy atom. The van der Waals surface area contributed by atoms with Gasteiger partial charge in [-0.1, -0.05) is 32.6 Å². The Balaban J connectivity index is 1.81. The van der Waals surface area contributed by atoms with Gasteiger partial charge in [0.25, 0.3) is 0 Å². The van der Waals surface area contributed by atoms with Crippen molar-refractivity contribution in [1.29, 1.82) is 0 Å². The summed E-state index contributed by atoms with van der Waals surface area (Å²) in [5.41, 5.74) is 0.409. The van der Waals surface area contributed by atoms with Crippen LogP contribution in [0.2, 0.25) is 0 Å². The molecule has 0 aromatic carbocycles. The number of ether oxygens (including phenoxy) is 1. The molecule has 3 atom stereocenters. The lowest BCUT2D eigenvalue weighted by atomic mass is 9.72. The van der Waals surface area contributed by atoms with Gasteiger partial charge in [0, 0.05) is 12.1 Å². The normalized spacial score (nSPS) is 38.7. The molecule has 3 unspecified atom stereocenters. The quantitative estimate of drug-likeness (QED) is 0.712. The van der Waals surface area contributed by atoms with Gasteiger partial charge in [-0.25, -0.2) is 0 Å². The standard InChI is InChI=1S/C18H33NO/c1-14(2)19-17-8-6-4-5-7-15(3)11-16(17)9-10-18(19)12-20-13-18/h14-17H,4-13H2,1-3H3. The van der Waals surface area contributed by atoms with Crippen molar-refractivity contribution in [2.45, 2.75) is 89.8 Å². The topological polar surface area (TPSA) is 12.5 Å². The van der Waals surface area contributed by atoms with E-state index < -0.39 is 0 Å². The minimum absolute atomic E-state index is 0.409. The summed E-state index contributed by atoms with van der Waals surface area (Å²) in [7, 11) is 0. The molecule has 3 fully saturated rings. The van der Waals surface area contributed by atoms with Crippen LogP contribution in [0.4, 0.5) is 0 Å². The smallest absolute Gasteiger partial charge is 0.0683 e. The molecule has 20 heavy (non-hydrogen) atoms. The zero-order valence-corrected chi connectivity index (χ0v) is 13.7. The fourth-order valence-corrected chi connectivity index (χ4v) is 5.22. The van der Waals surface area contributed by atoms with E-state index in [9.17, 15) is 0 Å². The fourth-order valence-electron chi connectivity index (χ4n) is 5.22. The summed E-state index contributed by atoms with van der Waals surface area (Å²) in [5.74, 6) is 1.87. The van der Waals surface area contributed by atoms with Gasteiger partial charge >= 0.3 is 0 Å². The number of hydrogen-bond acceptors (Lipinski definition) is 2. The molecule has 3 rings (SSSR count). The van der Waals surface area contributed by atoms with Crippen LogP contribution in [0.1, 0.15) is 72.1 Å². The average molecular weight is 279 g/mol. The lowest BCUT2D eigenvalue weighted by Crippen LogP contribution is -2.70. The molecule has 3 aliphatic rings. The maximum absolute atomic E-state index is 5.64. The van der Waals surface area contributed by atoms with E-state index in [1.165, 1.54) is 51.4 Å². The second-order valence-electron chi connectivity index (χ2n) is 8.06. The molecule has 1 spiro atoms. The van der Waals surface area contributed by atoms with Gasteiger partial charge in [0.05, 0.1) is 18.8 Å². The molecule has 0 amide bonds. The number of nitrogens with zero attached hydrogens (tertiary/aromatic N) is 1. The zero-order valence-electron chi connectivity index (χ0n) is 13.7. The Bertz CT molecular complexity index is 323. The van der Waals surface area contributed by atoms with Gasteiger partial charge in [-0.15, -0.1) is 0 Å². The van der Waals surface area contributed by atoms with Crippen LogP contribution in [0.3, 0.4) is 0 Å². The van der Waals surface area contributed by atoms with E-state index in [1.807, 2.05) is 0 Å². The molecule has 2 saturated heterocycles. The second-order valence-corrected chi connectivity index (χ2v) is 8.06. The highest BCUT2D eigenvalue weighted by Gasteiger charge is 2.52. The van der Waals surface area contributed by atoms with Crippen LogP contribution in [0, 0.1) is 11.8 Å². The van der Waals surface area contributed by atoms with Crippen LogP contribution < -0.4 is 0 Å². The average Bonchev–Trinajstić information content (AvgIpc) is 2.45. The summed E-state index contributed by atoms with van der Waals surface area (Å²) >= 11 is 0. The highest BCUT2D eigenvalue weighted by molar-refractivity contribution is 5.05. The van der Waals surface area contributed by atoms with Crippen LogP contribution in [-0.4, -0.2) is 35.7 Å². The molecule has 2 nitrogen and oxygen atoms in total. The maximum Gasteiger partial charge on any atom is 0.0683 e. The second kappa shape index (κ2) is 5.96. The van der Waals surface area contributed by atoms with E-state index in [-0.39, 0.29) is 0 Å². The number of rotatable bonds is 1. The van der Waals surface area contributed by atoms with Crippen molar-refractivity contribution in [3.05, 3.63) is 0 Å². The highest BCUT2D eigenvalue weighted by atomic mass is 16.5. The minimum atomic E-state index is 0.409. The number of hydrogen-bond donors (Lipinski definition) is 0. The van der Waals surface area contributed by atoms with Crippen LogP contribution in [0.5, 0.6) is 0 Å². The van der Waals surface area contributed by atoms with Gasteiger partial charge in [0.2, 0.25) is 0 Å². The lowest BCUT2D eigenvalue weighted by molar-refractivity contribution is -0.195. The number of likely N-dealkylation sites (tertiary alicyclic amines) is 1. The maximum atomic E-state index is 5.64. The van der Waals surface area contributed by atoms with Crippen molar-refractivity contribution in [2.75, 3.05) is 13.2 Å². The third-order valence-electron chi connectivity index (χ3n) is 6.13. The molecule has 0 bridgehead atoms. The molecule has 1 saturated carbocycles. The molecule has 1 aliphatic carbocycles. The van der Waals surface area contributed by atoms with Crippen molar-refractivity contribution >= 4 is 0 Å². The largest absolute Gasteiger partial charge is 0.377 e. The molecule has 116 valence electrons. The first-order chi connectivity index (χ1) is 9.62. The first kappa shape index (κ1) is 14.8. The lowest BCUT2D eigenvalue weighted by Gasteiger charge is -2.60. The molecular formula is C18H33NO. The summed E-state index contributed by atoms with van der Waals surface area (Å²) < 4.78 is 5.64. The Hall–Kier alpha value is -0.0800. The third-order valence-corrected chi connectivity index (χ3v) is 6.13. The summed E-state index contributed by atoms with van der Waals surface area (Å²) in [6, 6.07) is 1.50. The SMILES string of the molecule is CC1CCCCCC2C(CCC3(COC3)N2C(C)C)C1. The summed E-state index contributed by atoms with van der Waals surface area (Å²) in [6.07, 6.45) is 11.5. The Morgan fingerprint density at radius 2 is 1.80 bits per heavy atom. The minimum Gasteiger partial charge on any atom is -0.377 e. The van der Waals surface area contributed by atoms with E-state index in [4.69, 9.17) is 4.74 Å². The van der Waals surface area contributed by atoms with E-state index in [1.54, 1.807) is 0 Å². The molecule has 2 aliphatic heterocycles. The van der Waals surface area contributed by atoms with Gasteiger partial charge < -0.3 is 4.74 Å². The summed E-state index contributed by atoms with van der Waals surface area (Å²) in [6.45, 7) is 9.27. The summed E-state index contributed by atoms with van der Waals surface area (Å²) in [5, 5.41) is 0. The third kappa shape index (κ3) is 2.66. The van der Waals surface area contributed by atoms with Gasteiger partial charge in [-0.2, -0.15) is 0 Å². The van der Waals surface area contributed by atoms with Gasteiger partial charge in [-0.3, -0.25) is 4.90 Å². The predicted molar refractivity (Wildman–Crippen MR) is 83.9 cm³/mol. The summed E-state index contributed by atoms with van der Waals surface area (Å²) in [4.78, 5) is 2.89. The van der Waals surface area contributed by atoms with E-state index in [0.29, 0.717) is 11.6 Å². The number of piperidine rings is 1. The van der Waals surface area contributed by atoms with E-state index in [2.05, 4.69) is 25.7 Å². The van der Waals surface area contributed by atoms with Crippen molar-refractivity contribution in [2.24, 2.45) is 11.8 Å². The van der Waals surface area contributed by atoms with Crippen molar-refractivity contribution in [1.82, 2.24) is 4.90 Å². The Kier molecular flexibility index (Phi) is 4.42. The molecule has 0 aromatic heterocycles. The number of fused-ring (bicyclic) bond motifs is 1. The first-order valence-electron chi connectivity index (χ1n) is 8.98. The molecular weight excluding hydrogens is 246 g/mol. The van der Waals surface area contributed by atoms with Crippen LogP contribution in [0.15, 0.2) is 0 Å². The van der Waals surface area contributed by atoms with Crippen LogP contribution >= 0.6 is 0 Å². The van der Waals surface area contributed by atoms with Gasteiger partial charge in [0.15, 0.2) is 0 Å². The molecule has 2 heteroatoms. The van der Waals surface area contributed by atoms with Gasteiger partial charge in [-0.05, 0) is 51.4 Å². The Labute approximate surface area is 125 Å². The first-order valence-corrected chi connectivity index (χ1v) is 8.98. The molecule has 0 N–H and O–H groups in total. The highest BCUT2D eigenvalue weighted by Crippen LogP contribution is 2.45. The molecule has 0 aromatic rings. The monoisotopic (exact) mass is 279 g/mol. The van der Waals surface area contributed by atoms with E-state index in [0.717, 1.165) is 31.1 Å². The van der Waals surface area contributed by atoms with Crippen molar-refractivity contribution in [3.8, 4) is 0 Å². The zero-order chi connectivity index (χ0) is 14.2. The van der Waals surface area contributed by atoms with Gasteiger partial charge in [0.1, 0.15) is 0 Å². The van der Waals surface area contributed by atoms with Crippen molar-refractivity contribution in [3.63, 3.8) is 0 Å². The van der Waals surface area contributed by atoms with Crippen molar-refractivity contribution < 1.29 is 4.74 Å². The Morgan fingerprint density at radius 1 is 1.05 bits per heavy atom. The fraction of sp³-hybridized carbons (Fsp3) is 1.00. The molecule has 0 radical (unpaired) electrons. The van der Waals surface area contributed by atoms with Crippen LogP contribution in [-0.2, 0) is 4.74 Å².